The van der Waals surface area contributed by atoms with Crippen LogP contribution >= 0.6 is 23.2 Å². The summed E-state index contributed by atoms with van der Waals surface area (Å²) < 4.78 is 10.5. The van der Waals surface area contributed by atoms with E-state index in [9.17, 15) is 0 Å². The lowest BCUT2D eigenvalue weighted by atomic mass is 10.1. The Kier molecular flexibility index (Phi) is 5.95. The Labute approximate surface area is 141 Å². The predicted molar refractivity (Wildman–Crippen MR) is 91.3 cm³/mol. The van der Waals surface area contributed by atoms with Crippen molar-refractivity contribution in [2.45, 2.75) is 19.5 Å². The highest BCUT2D eigenvalue weighted by atomic mass is 35.5. The summed E-state index contributed by atoms with van der Waals surface area (Å²) in [6.07, 6.45) is 0. The summed E-state index contributed by atoms with van der Waals surface area (Å²) in [5, 5.41) is 4.72. The molecule has 0 aromatic heterocycles. The zero-order chi connectivity index (χ0) is 16.1. The number of methoxy groups -OCH3 is 2. The Balaban J connectivity index is 2.12. The van der Waals surface area contributed by atoms with Gasteiger partial charge in [0.2, 0.25) is 0 Å². The average molecular weight is 340 g/mol. The van der Waals surface area contributed by atoms with Crippen LogP contribution in [0.25, 0.3) is 0 Å². The molecule has 1 unspecified atom stereocenters. The van der Waals surface area contributed by atoms with E-state index >= 15 is 0 Å². The van der Waals surface area contributed by atoms with Crippen molar-refractivity contribution in [3.05, 3.63) is 57.6 Å². The second-order valence-electron chi connectivity index (χ2n) is 4.94. The molecule has 0 bridgehead atoms. The van der Waals surface area contributed by atoms with Crippen LogP contribution in [-0.2, 0) is 6.54 Å². The maximum atomic E-state index is 6.22. The van der Waals surface area contributed by atoms with Crippen molar-refractivity contribution in [3.63, 3.8) is 0 Å². The first-order chi connectivity index (χ1) is 10.6. The molecule has 0 radical (unpaired) electrons. The quantitative estimate of drug-likeness (QED) is 0.814. The molecule has 2 aromatic carbocycles. The first kappa shape index (κ1) is 16.9. The van der Waals surface area contributed by atoms with Crippen LogP contribution in [0.2, 0.25) is 10.0 Å². The highest BCUT2D eigenvalue weighted by Gasteiger charge is 2.12. The molecule has 0 heterocycles. The Morgan fingerprint density at radius 2 is 1.77 bits per heavy atom. The lowest BCUT2D eigenvalue weighted by molar-refractivity contribution is 0.354. The molecule has 22 heavy (non-hydrogen) atoms. The van der Waals surface area contributed by atoms with Crippen molar-refractivity contribution >= 4 is 23.2 Å². The fourth-order valence-electron chi connectivity index (χ4n) is 2.28. The van der Waals surface area contributed by atoms with E-state index in [1.54, 1.807) is 14.2 Å². The Morgan fingerprint density at radius 3 is 2.41 bits per heavy atom. The number of hydrogen-bond donors (Lipinski definition) is 1. The highest BCUT2D eigenvalue weighted by molar-refractivity contribution is 6.32. The van der Waals surface area contributed by atoms with E-state index in [-0.39, 0.29) is 6.04 Å². The monoisotopic (exact) mass is 339 g/mol. The molecule has 0 fully saturated rings. The largest absolute Gasteiger partial charge is 0.493 e. The molecule has 3 nitrogen and oxygen atoms in total. The lowest BCUT2D eigenvalue weighted by Crippen LogP contribution is -2.18. The van der Waals surface area contributed by atoms with Gasteiger partial charge in [0, 0.05) is 17.6 Å². The lowest BCUT2D eigenvalue weighted by Gasteiger charge is -2.17. The van der Waals surface area contributed by atoms with Crippen LogP contribution in [0.15, 0.2) is 36.4 Å². The molecule has 118 valence electrons. The summed E-state index contributed by atoms with van der Waals surface area (Å²) >= 11 is 12.4. The van der Waals surface area contributed by atoms with E-state index in [1.807, 2.05) is 36.4 Å². The maximum absolute atomic E-state index is 6.22. The topological polar surface area (TPSA) is 30.5 Å². The third-order valence-corrected chi connectivity index (χ3v) is 4.10. The van der Waals surface area contributed by atoms with Crippen LogP contribution in [0.5, 0.6) is 11.5 Å². The molecule has 2 aromatic rings. The first-order valence-electron chi connectivity index (χ1n) is 6.95. The number of halogens is 2. The van der Waals surface area contributed by atoms with Gasteiger partial charge in [-0.3, -0.25) is 0 Å². The first-order valence-corrected chi connectivity index (χ1v) is 7.70. The van der Waals surface area contributed by atoms with Gasteiger partial charge in [0.05, 0.1) is 19.2 Å². The van der Waals surface area contributed by atoms with Gasteiger partial charge in [-0.1, -0.05) is 41.4 Å². The molecule has 0 saturated carbocycles. The third-order valence-electron chi connectivity index (χ3n) is 3.48. The second-order valence-corrected chi connectivity index (χ2v) is 5.75. The van der Waals surface area contributed by atoms with E-state index in [0.29, 0.717) is 23.1 Å². The van der Waals surface area contributed by atoms with Crippen molar-refractivity contribution in [1.29, 1.82) is 0 Å². The molecule has 1 N–H and O–H groups in total. The van der Waals surface area contributed by atoms with Crippen LogP contribution in [0.1, 0.15) is 24.1 Å². The van der Waals surface area contributed by atoms with E-state index in [2.05, 4.69) is 12.2 Å². The van der Waals surface area contributed by atoms with Gasteiger partial charge in [-0.2, -0.15) is 0 Å². The molecule has 2 rings (SSSR count). The summed E-state index contributed by atoms with van der Waals surface area (Å²) in [7, 11) is 3.17. The molecular weight excluding hydrogens is 321 g/mol. The Bertz CT molecular complexity index is 647. The summed E-state index contributed by atoms with van der Waals surface area (Å²) in [6.45, 7) is 2.72. The summed E-state index contributed by atoms with van der Waals surface area (Å²) in [5.41, 5.74) is 2.08. The Morgan fingerprint density at radius 1 is 1.05 bits per heavy atom. The summed E-state index contributed by atoms with van der Waals surface area (Å²) in [6, 6.07) is 11.7. The number of rotatable bonds is 6. The van der Waals surface area contributed by atoms with Gasteiger partial charge < -0.3 is 14.8 Å². The zero-order valence-corrected chi connectivity index (χ0v) is 14.3. The van der Waals surface area contributed by atoms with Crippen molar-refractivity contribution in [3.8, 4) is 11.5 Å². The molecule has 0 spiro atoms. The van der Waals surface area contributed by atoms with Crippen LogP contribution in [0.4, 0.5) is 0 Å². The zero-order valence-electron chi connectivity index (χ0n) is 12.8. The van der Waals surface area contributed by atoms with Gasteiger partial charge in [-0.25, -0.2) is 0 Å². The highest BCUT2D eigenvalue weighted by Crippen LogP contribution is 2.36. The molecular formula is C17H19Cl2NO2. The van der Waals surface area contributed by atoms with Crippen LogP contribution < -0.4 is 14.8 Å². The number of benzene rings is 2. The smallest absolute Gasteiger partial charge is 0.179 e. The molecule has 0 aliphatic rings. The second kappa shape index (κ2) is 7.73. The van der Waals surface area contributed by atoms with Gasteiger partial charge >= 0.3 is 0 Å². The fraction of sp³-hybridized carbons (Fsp3) is 0.294. The molecule has 1 atom stereocenters. The van der Waals surface area contributed by atoms with Crippen molar-refractivity contribution in [1.82, 2.24) is 5.32 Å². The van der Waals surface area contributed by atoms with Crippen LogP contribution in [0.3, 0.4) is 0 Å². The standard InChI is InChI=1S/C17H19Cl2NO2/c1-11(13-6-4-5-7-14(13)18)20-10-12-8-15(19)17(22-3)16(9-12)21-2/h4-9,11,20H,10H2,1-3H3. The third kappa shape index (κ3) is 3.86. The molecule has 0 amide bonds. The predicted octanol–water partition coefficient (Wildman–Crippen LogP) is 4.86. The van der Waals surface area contributed by atoms with Crippen molar-refractivity contribution in [2.75, 3.05) is 14.2 Å². The van der Waals surface area contributed by atoms with E-state index in [4.69, 9.17) is 32.7 Å². The maximum Gasteiger partial charge on any atom is 0.179 e. The van der Waals surface area contributed by atoms with E-state index in [0.717, 1.165) is 16.1 Å². The molecule has 5 heteroatoms. The van der Waals surface area contributed by atoms with Crippen LogP contribution in [0, 0.1) is 0 Å². The SMILES string of the molecule is COc1cc(CNC(C)c2ccccc2Cl)cc(Cl)c1OC. The van der Waals surface area contributed by atoms with Gasteiger partial charge in [0.15, 0.2) is 11.5 Å². The van der Waals surface area contributed by atoms with Gasteiger partial charge in [0.1, 0.15) is 0 Å². The van der Waals surface area contributed by atoms with Gasteiger partial charge in [-0.15, -0.1) is 0 Å². The van der Waals surface area contributed by atoms with E-state index in [1.165, 1.54) is 0 Å². The number of nitrogens with one attached hydrogen (secondary N) is 1. The van der Waals surface area contributed by atoms with Gasteiger partial charge in [-0.05, 0) is 36.2 Å². The molecule has 0 aliphatic carbocycles. The molecule has 0 saturated heterocycles. The Hall–Kier alpha value is -1.42. The normalized spacial score (nSPS) is 12.0. The molecule has 0 aliphatic heterocycles. The number of hydrogen-bond acceptors (Lipinski definition) is 3. The summed E-state index contributed by atoms with van der Waals surface area (Å²) in [4.78, 5) is 0. The van der Waals surface area contributed by atoms with E-state index < -0.39 is 0 Å². The van der Waals surface area contributed by atoms with Crippen LogP contribution in [-0.4, -0.2) is 14.2 Å². The average Bonchev–Trinajstić information content (AvgIpc) is 2.52. The number of ether oxygens (including phenoxy) is 2. The fourth-order valence-corrected chi connectivity index (χ4v) is 2.89. The van der Waals surface area contributed by atoms with Gasteiger partial charge in [0.25, 0.3) is 0 Å². The van der Waals surface area contributed by atoms with Crippen molar-refractivity contribution < 1.29 is 9.47 Å². The summed E-state index contributed by atoms with van der Waals surface area (Å²) in [5.74, 6) is 1.17. The minimum atomic E-state index is 0.126. The minimum absolute atomic E-state index is 0.126. The minimum Gasteiger partial charge on any atom is -0.493 e. The van der Waals surface area contributed by atoms with Crippen molar-refractivity contribution in [2.24, 2.45) is 0 Å².